The molecule has 1 heterocycles. The molecule has 0 aliphatic heterocycles. The number of hydrogen-bond acceptors (Lipinski definition) is 4. The van der Waals surface area contributed by atoms with E-state index >= 15 is 0 Å². The van der Waals surface area contributed by atoms with Crippen LogP contribution in [0.5, 0.6) is 5.75 Å². The monoisotopic (exact) mass is 585 g/mol. The summed E-state index contributed by atoms with van der Waals surface area (Å²) in [5.41, 5.74) is -2.30. The van der Waals surface area contributed by atoms with E-state index in [2.05, 4.69) is 6.07 Å². The van der Waals surface area contributed by atoms with E-state index in [4.69, 9.17) is 9.15 Å². The topological polar surface area (TPSA) is 56.5 Å². The largest absolute Gasteiger partial charge is 0.427 e. The summed E-state index contributed by atoms with van der Waals surface area (Å²) in [7, 11) is 0. The predicted molar refractivity (Wildman–Crippen MR) is 83.1 cm³/mol. The van der Waals surface area contributed by atoms with Crippen molar-refractivity contribution in [1.29, 1.82) is 0 Å². The molecular weight excluding hydrogens is 575 g/mol. The molecule has 8 heteroatoms. The number of carbonyl (C=O) groups is 1. The first kappa shape index (κ1) is 20.3. The number of esters is 1. The van der Waals surface area contributed by atoms with Gasteiger partial charge in [0.05, 0.1) is 0 Å². The third kappa shape index (κ3) is 4.20. The van der Waals surface area contributed by atoms with Gasteiger partial charge in [-0.15, -0.1) is 5.56 Å². The molecule has 0 unspecified atom stereocenters. The minimum Gasteiger partial charge on any atom is -0.427 e. The van der Waals surface area contributed by atoms with E-state index in [0.717, 1.165) is 12.1 Å². The molecule has 0 aliphatic rings. The van der Waals surface area contributed by atoms with Crippen LogP contribution in [0.3, 0.4) is 0 Å². The van der Waals surface area contributed by atoms with Crippen LogP contribution in [0.15, 0.2) is 51.7 Å². The Labute approximate surface area is 169 Å². The smallest absolute Gasteiger partial charge is 0.370 e. The molecule has 132 valence electrons. The Kier molecular flexibility index (Phi) is 5.99. The molecule has 0 fully saturated rings. The van der Waals surface area contributed by atoms with Crippen LogP contribution in [0.1, 0.15) is 12.5 Å². The predicted octanol–water partition coefficient (Wildman–Crippen LogP) is 4.20. The number of halogens is 3. The van der Waals surface area contributed by atoms with Gasteiger partial charge in [-0.2, -0.15) is 37.4 Å². The third-order valence-electron chi connectivity index (χ3n) is 3.43. The van der Waals surface area contributed by atoms with E-state index in [0.29, 0.717) is 5.39 Å². The van der Waals surface area contributed by atoms with Crippen molar-refractivity contribution in [2.45, 2.75) is 13.1 Å². The zero-order valence-electron chi connectivity index (χ0n) is 13.3. The van der Waals surface area contributed by atoms with Crippen LogP contribution in [0.4, 0.5) is 13.2 Å². The number of fused-ring (bicyclic) bond motifs is 1. The van der Waals surface area contributed by atoms with Gasteiger partial charge in [0.1, 0.15) is 11.3 Å². The Morgan fingerprint density at radius 2 is 1.88 bits per heavy atom. The van der Waals surface area contributed by atoms with Crippen LogP contribution in [0, 0.1) is 37.2 Å². The number of rotatable bonds is 2. The molecule has 0 N–H and O–H groups in total. The third-order valence-corrected chi connectivity index (χ3v) is 3.43. The Balaban J connectivity index is 0.00000243. The number of carbonyl (C=O) groups excluding carboxylic acids is 1. The molecule has 3 aromatic rings. The average Bonchev–Trinajstić information content (AvgIpc) is 2.53. The molecule has 1 aromatic heterocycles. The van der Waals surface area contributed by atoms with Crippen molar-refractivity contribution < 1.29 is 58.2 Å². The van der Waals surface area contributed by atoms with Crippen molar-refractivity contribution in [3.8, 4) is 16.9 Å². The molecule has 0 saturated heterocycles. The Bertz CT molecular complexity index is 1020. The van der Waals surface area contributed by atoms with Crippen molar-refractivity contribution in [2.75, 3.05) is 0 Å². The second-order valence-corrected chi connectivity index (χ2v) is 5.21. The van der Waals surface area contributed by atoms with Crippen LogP contribution in [0.25, 0.3) is 22.1 Å². The molecule has 0 aliphatic carbocycles. The van der Waals surface area contributed by atoms with Crippen molar-refractivity contribution >= 4 is 16.9 Å². The fourth-order valence-electron chi connectivity index (χ4n) is 2.41. The van der Waals surface area contributed by atoms with Gasteiger partial charge in [0.25, 0.3) is 0 Å². The SMILES string of the molecule is CC(=O)Oc1ccc2cc(-c3cc[c-]cc3C(F)(F)F)c(=O)oc2c1.[U]. The first-order valence-electron chi connectivity index (χ1n) is 7.10. The maximum atomic E-state index is 13.2. The Morgan fingerprint density at radius 3 is 2.54 bits per heavy atom. The fraction of sp³-hybridized carbons (Fsp3) is 0.111. The van der Waals surface area contributed by atoms with Crippen molar-refractivity contribution in [3.05, 3.63) is 64.5 Å². The van der Waals surface area contributed by atoms with Crippen LogP contribution in [-0.2, 0) is 11.0 Å². The van der Waals surface area contributed by atoms with E-state index in [1.165, 1.54) is 37.3 Å². The standard InChI is InChI=1S/C18H10F3O4.U/c1-10(22)24-12-7-6-11-8-14(17(23)25-16(11)9-12)13-4-2-3-5-15(13)18(19,20)21;/h2,4-9H,1H3;/q-1;. The van der Waals surface area contributed by atoms with Gasteiger partial charge in [-0.3, -0.25) is 4.79 Å². The average molecular weight is 585 g/mol. The molecule has 0 bridgehead atoms. The second kappa shape index (κ2) is 7.69. The van der Waals surface area contributed by atoms with Gasteiger partial charge in [0.2, 0.25) is 0 Å². The Hall–Kier alpha value is -2.04. The first-order chi connectivity index (χ1) is 11.8. The quantitative estimate of drug-likeness (QED) is 0.196. The molecule has 4 nitrogen and oxygen atoms in total. The molecule has 0 spiro atoms. The summed E-state index contributed by atoms with van der Waals surface area (Å²) in [5.74, 6) is -0.380. The number of benzene rings is 2. The Morgan fingerprint density at radius 1 is 1.15 bits per heavy atom. The summed E-state index contributed by atoms with van der Waals surface area (Å²) < 4.78 is 49.5. The van der Waals surface area contributed by atoms with E-state index in [9.17, 15) is 22.8 Å². The minimum atomic E-state index is -4.63. The zero-order chi connectivity index (χ0) is 18.2. The zero-order valence-corrected chi connectivity index (χ0v) is 17.5. The van der Waals surface area contributed by atoms with Gasteiger partial charge >= 0.3 is 17.8 Å². The first-order valence-corrected chi connectivity index (χ1v) is 7.10. The molecule has 26 heavy (non-hydrogen) atoms. The number of alkyl halides is 3. The molecule has 0 amide bonds. The van der Waals surface area contributed by atoms with Crippen molar-refractivity contribution in [3.63, 3.8) is 0 Å². The maximum absolute atomic E-state index is 13.2. The van der Waals surface area contributed by atoms with E-state index in [1.807, 2.05) is 0 Å². The summed E-state index contributed by atoms with van der Waals surface area (Å²) in [5, 5.41) is 0.395. The van der Waals surface area contributed by atoms with E-state index in [1.54, 1.807) is 0 Å². The molecule has 2 aromatic carbocycles. The molecule has 0 saturated carbocycles. The van der Waals surface area contributed by atoms with Gasteiger partial charge in [0, 0.05) is 55.1 Å². The van der Waals surface area contributed by atoms with Gasteiger partial charge < -0.3 is 9.15 Å². The second-order valence-electron chi connectivity index (χ2n) is 5.21. The number of hydrogen-bond donors (Lipinski definition) is 0. The molecule has 0 radical (unpaired) electrons. The summed E-state index contributed by atoms with van der Waals surface area (Å²) in [6.45, 7) is 1.22. The van der Waals surface area contributed by atoms with Crippen LogP contribution < -0.4 is 10.4 Å². The van der Waals surface area contributed by atoms with Crippen molar-refractivity contribution in [2.24, 2.45) is 0 Å². The summed E-state index contributed by atoms with van der Waals surface area (Å²) in [6.07, 6.45) is -4.63. The molecular formula is C18H10F3O4U-. The van der Waals surface area contributed by atoms with Gasteiger partial charge in [0.15, 0.2) is 0 Å². The van der Waals surface area contributed by atoms with Crippen LogP contribution >= 0.6 is 0 Å². The van der Waals surface area contributed by atoms with E-state index < -0.39 is 23.3 Å². The van der Waals surface area contributed by atoms with Crippen LogP contribution in [-0.4, -0.2) is 5.97 Å². The number of ether oxygens (including phenoxy) is 1. The summed E-state index contributed by atoms with van der Waals surface area (Å²) >= 11 is 0. The normalized spacial score (nSPS) is 11.1. The fourth-order valence-corrected chi connectivity index (χ4v) is 2.41. The summed E-state index contributed by atoms with van der Waals surface area (Å²) in [6, 6.07) is 11.2. The van der Waals surface area contributed by atoms with Gasteiger partial charge in [-0.25, -0.2) is 4.79 Å². The van der Waals surface area contributed by atoms with Crippen molar-refractivity contribution in [1.82, 2.24) is 0 Å². The maximum Gasteiger partial charge on any atom is 0.370 e. The van der Waals surface area contributed by atoms with E-state index in [-0.39, 0.29) is 53.6 Å². The van der Waals surface area contributed by atoms with Gasteiger partial charge in [-0.05, 0) is 23.8 Å². The van der Waals surface area contributed by atoms with Crippen LogP contribution in [0.2, 0.25) is 0 Å². The molecule has 3 rings (SSSR count). The minimum absolute atomic E-state index is 0. The molecule has 0 atom stereocenters. The van der Waals surface area contributed by atoms with Gasteiger partial charge in [-0.1, -0.05) is 0 Å². The summed E-state index contributed by atoms with van der Waals surface area (Å²) in [4.78, 5) is 23.2.